The molecule has 0 aliphatic rings. The largest absolute Gasteiger partial charge is 0.296 e. The summed E-state index contributed by atoms with van der Waals surface area (Å²) >= 11 is 0. The topological polar surface area (TPSA) is 39.9 Å². The first-order chi connectivity index (χ1) is 7.72. The fourth-order valence-corrected chi connectivity index (χ4v) is 1.68. The molecule has 86 valence electrons. The van der Waals surface area contributed by atoms with Crippen molar-refractivity contribution in [1.82, 2.24) is 9.88 Å². The van der Waals surface area contributed by atoms with E-state index in [-0.39, 0.29) is 0 Å². The van der Waals surface area contributed by atoms with Crippen LogP contribution in [-0.4, -0.2) is 23.0 Å². The molecule has 0 saturated heterocycles. The number of hydrogen-bond acceptors (Lipinski definition) is 3. The maximum absolute atomic E-state index is 8.62. The molecule has 16 heavy (non-hydrogen) atoms. The first-order valence-corrected chi connectivity index (χ1v) is 5.71. The number of hydrogen-bond donors (Lipinski definition) is 0. The highest BCUT2D eigenvalue weighted by atomic mass is 15.1. The van der Waals surface area contributed by atoms with Crippen molar-refractivity contribution in [3.05, 3.63) is 30.1 Å². The Labute approximate surface area is 97.7 Å². The lowest BCUT2D eigenvalue weighted by atomic mass is 10.2. The van der Waals surface area contributed by atoms with Gasteiger partial charge in [-0.2, -0.15) is 5.26 Å². The molecule has 0 saturated carbocycles. The first kappa shape index (κ1) is 12.7. The molecule has 0 amide bonds. The number of rotatable bonds is 6. The molecule has 0 aliphatic heterocycles. The zero-order valence-corrected chi connectivity index (χ0v) is 10.1. The molecule has 0 radical (unpaired) electrons. The fourth-order valence-electron chi connectivity index (χ4n) is 1.68. The Balaban J connectivity index is 2.53. The van der Waals surface area contributed by atoms with Crippen molar-refractivity contribution < 1.29 is 0 Å². The normalized spacial score (nSPS) is 10.7. The molecule has 0 unspecified atom stereocenters. The van der Waals surface area contributed by atoms with Gasteiger partial charge >= 0.3 is 0 Å². The molecule has 1 aromatic rings. The minimum absolute atomic E-state index is 0.583. The molecule has 3 nitrogen and oxygen atoms in total. The standard InChI is InChI=1S/C13H19N3/c1-12(2)10-16(9-5-7-14)11-13-6-3-4-8-15-13/h3-4,6,8,12H,5,9-11H2,1-2H3. The molecule has 1 heterocycles. The summed E-state index contributed by atoms with van der Waals surface area (Å²) in [6.07, 6.45) is 2.40. The van der Waals surface area contributed by atoms with Gasteiger partial charge in [-0.25, -0.2) is 0 Å². The van der Waals surface area contributed by atoms with E-state index in [2.05, 4.69) is 29.8 Å². The number of nitrogens with zero attached hydrogens (tertiary/aromatic N) is 3. The maximum atomic E-state index is 8.62. The van der Waals surface area contributed by atoms with Gasteiger partial charge in [-0.1, -0.05) is 19.9 Å². The maximum Gasteiger partial charge on any atom is 0.0635 e. The van der Waals surface area contributed by atoms with Crippen LogP contribution in [0.4, 0.5) is 0 Å². The van der Waals surface area contributed by atoms with Crippen molar-refractivity contribution in [2.24, 2.45) is 5.92 Å². The Bertz CT molecular complexity index is 327. The van der Waals surface area contributed by atoms with Gasteiger partial charge < -0.3 is 0 Å². The quantitative estimate of drug-likeness (QED) is 0.734. The van der Waals surface area contributed by atoms with Gasteiger partial charge in [0.2, 0.25) is 0 Å². The summed E-state index contributed by atoms with van der Waals surface area (Å²) in [4.78, 5) is 6.60. The highest BCUT2D eigenvalue weighted by Crippen LogP contribution is 2.05. The van der Waals surface area contributed by atoms with E-state index in [1.54, 1.807) is 0 Å². The summed E-state index contributed by atoms with van der Waals surface area (Å²) in [7, 11) is 0. The van der Waals surface area contributed by atoms with Crippen molar-refractivity contribution in [3.8, 4) is 6.07 Å². The van der Waals surface area contributed by atoms with E-state index in [9.17, 15) is 0 Å². The molecule has 0 aromatic carbocycles. The zero-order valence-electron chi connectivity index (χ0n) is 10.1. The van der Waals surface area contributed by atoms with E-state index >= 15 is 0 Å². The number of pyridine rings is 1. The Morgan fingerprint density at radius 2 is 2.25 bits per heavy atom. The number of aromatic nitrogens is 1. The summed E-state index contributed by atoms with van der Waals surface area (Å²) in [5.41, 5.74) is 1.07. The van der Waals surface area contributed by atoms with Crippen LogP contribution in [0.1, 0.15) is 26.0 Å². The highest BCUT2D eigenvalue weighted by Gasteiger charge is 2.08. The molecule has 1 rings (SSSR count). The van der Waals surface area contributed by atoms with Crippen molar-refractivity contribution in [2.45, 2.75) is 26.8 Å². The summed E-state index contributed by atoms with van der Waals surface area (Å²) in [5, 5.41) is 8.62. The van der Waals surface area contributed by atoms with Gasteiger partial charge in [0, 0.05) is 32.3 Å². The van der Waals surface area contributed by atoms with Gasteiger partial charge in [0.15, 0.2) is 0 Å². The second kappa shape index (κ2) is 6.97. The van der Waals surface area contributed by atoms with Crippen LogP contribution in [0.25, 0.3) is 0 Å². The van der Waals surface area contributed by atoms with Crippen LogP contribution in [0.2, 0.25) is 0 Å². The Kier molecular flexibility index (Phi) is 5.52. The van der Waals surface area contributed by atoms with Crippen molar-refractivity contribution in [3.63, 3.8) is 0 Å². The van der Waals surface area contributed by atoms with Crippen molar-refractivity contribution >= 4 is 0 Å². The van der Waals surface area contributed by atoms with Gasteiger partial charge in [0.25, 0.3) is 0 Å². The van der Waals surface area contributed by atoms with Gasteiger partial charge in [0.1, 0.15) is 0 Å². The van der Waals surface area contributed by atoms with Crippen LogP contribution < -0.4 is 0 Å². The Hall–Kier alpha value is -1.40. The van der Waals surface area contributed by atoms with Gasteiger partial charge in [-0.05, 0) is 18.1 Å². The zero-order chi connectivity index (χ0) is 11.8. The smallest absolute Gasteiger partial charge is 0.0635 e. The predicted octanol–water partition coefficient (Wildman–Crippen LogP) is 2.45. The summed E-state index contributed by atoms with van der Waals surface area (Å²) in [5.74, 6) is 0.613. The molecule has 0 spiro atoms. The van der Waals surface area contributed by atoms with E-state index in [1.807, 2.05) is 24.4 Å². The van der Waals surface area contributed by atoms with E-state index in [1.165, 1.54) is 0 Å². The Morgan fingerprint density at radius 3 is 2.81 bits per heavy atom. The van der Waals surface area contributed by atoms with Crippen LogP contribution in [0.5, 0.6) is 0 Å². The van der Waals surface area contributed by atoms with E-state index in [4.69, 9.17) is 5.26 Å². The fraction of sp³-hybridized carbons (Fsp3) is 0.538. The minimum atomic E-state index is 0.583. The molecule has 0 atom stereocenters. The lowest BCUT2D eigenvalue weighted by molar-refractivity contribution is 0.238. The van der Waals surface area contributed by atoms with Crippen LogP contribution in [0.3, 0.4) is 0 Å². The Morgan fingerprint density at radius 1 is 1.44 bits per heavy atom. The van der Waals surface area contributed by atoms with Gasteiger partial charge in [-0.3, -0.25) is 9.88 Å². The van der Waals surface area contributed by atoms with Crippen molar-refractivity contribution in [1.29, 1.82) is 5.26 Å². The molecule has 0 fully saturated rings. The summed E-state index contributed by atoms with van der Waals surface area (Å²) in [6, 6.07) is 8.14. The molecular weight excluding hydrogens is 198 g/mol. The molecule has 0 bridgehead atoms. The van der Waals surface area contributed by atoms with Crippen LogP contribution in [-0.2, 0) is 6.54 Å². The summed E-state index contributed by atoms with van der Waals surface area (Å²) < 4.78 is 0. The van der Waals surface area contributed by atoms with Gasteiger partial charge in [-0.15, -0.1) is 0 Å². The monoisotopic (exact) mass is 217 g/mol. The predicted molar refractivity (Wildman–Crippen MR) is 64.6 cm³/mol. The van der Waals surface area contributed by atoms with Crippen molar-refractivity contribution in [2.75, 3.05) is 13.1 Å². The molecule has 3 heteroatoms. The lowest BCUT2D eigenvalue weighted by Gasteiger charge is -2.22. The average Bonchev–Trinajstić information content (AvgIpc) is 2.26. The molecule has 1 aromatic heterocycles. The third-order valence-electron chi connectivity index (χ3n) is 2.27. The van der Waals surface area contributed by atoms with Gasteiger partial charge in [0.05, 0.1) is 11.8 Å². The van der Waals surface area contributed by atoms with Crippen LogP contribution >= 0.6 is 0 Å². The lowest BCUT2D eigenvalue weighted by Crippen LogP contribution is -2.28. The first-order valence-electron chi connectivity index (χ1n) is 5.71. The molecular formula is C13H19N3. The second-order valence-corrected chi connectivity index (χ2v) is 4.36. The number of nitriles is 1. The molecule has 0 N–H and O–H groups in total. The van der Waals surface area contributed by atoms with E-state index < -0.39 is 0 Å². The third kappa shape index (κ3) is 4.90. The highest BCUT2D eigenvalue weighted by molar-refractivity contribution is 5.03. The average molecular weight is 217 g/mol. The SMILES string of the molecule is CC(C)CN(CCC#N)Cc1ccccn1. The van der Waals surface area contributed by atoms with Crippen LogP contribution in [0.15, 0.2) is 24.4 Å². The van der Waals surface area contributed by atoms with E-state index in [0.29, 0.717) is 12.3 Å². The minimum Gasteiger partial charge on any atom is -0.296 e. The van der Waals surface area contributed by atoms with Crippen LogP contribution in [0, 0.1) is 17.2 Å². The van der Waals surface area contributed by atoms with E-state index in [0.717, 1.165) is 25.3 Å². The molecule has 0 aliphatic carbocycles. The third-order valence-corrected chi connectivity index (χ3v) is 2.27. The second-order valence-electron chi connectivity index (χ2n) is 4.36. The summed E-state index contributed by atoms with van der Waals surface area (Å²) in [6.45, 7) is 7.06.